The number of carbonyl (C=O) groups excluding carboxylic acids is 1. The zero-order valence-electron chi connectivity index (χ0n) is 8.06. The van der Waals surface area contributed by atoms with Crippen LogP contribution in [-0.4, -0.2) is 43.7 Å². The van der Waals surface area contributed by atoms with E-state index in [9.17, 15) is 9.59 Å². The van der Waals surface area contributed by atoms with Crippen LogP contribution in [0.2, 0.25) is 0 Å². The van der Waals surface area contributed by atoms with Crippen LogP contribution in [0.5, 0.6) is 0 Å². The van der Waals surface area contributed by atoms with Crippen molar-refractivity contribution in [3.8, 4) is 0 Å². The first kappa shape index (κ1) is 16.5. The molecule has 2 amide bonds. The fourth-order valence-corrected chi connectivity index (χ4v) is 0.404. The van der Waals surface area contributed by atoms with E-state index in [1.54, 1.807) is 0 Å². The Morgan fingerprint density at radius 1 is 1.33 bits per heavy atom. The van der Waals surface area contributed by atoms with E-state index in [1.165, 1.54) is 7.11 Å². The van der Waals surface area contributed by atoms with Gasteiger partial charge in [0.1, 0.15) is 13.3 Å². The van der Waals surface area contributed by atoms with Crippen LogP contribution < -0.4 is 10.6 Å². The summed E-state index contributed by atoms with van der Waals surface area (Å²) in [6.07, 6.45) is -1.79. The summed E-state index contributed by atoms with van der Waals surface area (Å²) in [5.74, 6) is 0. The molecule has 1 radical (unpaired) electrons. The number of methoxy groups -OCH3 is 1. The molecule has 8 nitrogen and oxygen atoms in total. The molecule has 0 saturated heterocycles. The molecule has 0 heterocycles. The number of aliphatic imine (C=N–C) groups is 2. The van der Waals surface area contributed by atoms with Crippen molar-refractivity contribution < 1.29 is 52.1 Å². The van der Waals surface area contributed by atoms with Gasteiger partial charge in [0.15, 0.2) is 0 Å². The van der Waals surface area contributed by atoms with Gasteiger partial charge in [-0.15, -0.1) is 0 Å². The molecule has 3 N–H and O–H groups in total. The molecule has 81 valence electrons. The summed E-state index contributed by atoms with van der Waals surface area (Å²) < 4.78 is 4.25. The zero-order valence-corrected chi connectivity index (χ0v) is 10.9. The topological polar surface area (TPSA) is 112 Å². The minimum Gasteiger partial charge on any atom is -0.465 e. The second kappa shape index (κ2) is 11.1. The van der Waals surface area contributed by atoms with E-state index in [-0.39, 0.29) is 46.0 Å². The Labute approximate surface area is 111 Å². The van der Waals surface area contributed by atoms with E-state index in [4.69, 9.17) is 5.11 Å². The third-order valence-electron chi connectivity index (χ3n) is 0.939. The smallest absolute Gasteiger partial charge is 0.408 e. The first-order valence-corrected chi connectivity index (χ1v) is 3.53. The summed E-state index contributed by atoms with van der Waals surface area (Å²) >= 11 is 0. The van der Waals surface area contributed by atoms with Gasteiger partial charge in [-0.05, 0) is 0 Å². The van der Waals surface area contributed by atoms with Gasteiger partial charge in [-0.2, -0.15) is 0 Å². The third-order valence-corrected chi connectivity index (χ3v) is 0.939. The molecule has 0 aliphatic carbocycles. The summed E-state index contributed by atoms with van der Waals surface area (Å²) in [5.41, 5.74) is 0. The minimum absolute atomic E-state index is 0. The van der Waals surface area contributed by atoms with E-state index >= 15 is 0 Å². The van der Waals surface area contributed by atoms with Gasteiger partial charge in [0.25, 0.3) is 0 Å². The largest absolute Gasteiger partial charge is 0.465 e. The molecule has 0 aromatic heterocycles. The Morgan fingerprint density at radius 2 is 1.87 bits per heavy atom. The number of nitrogens with one attached hydrogen (secondary N) is 2. The van der Waals surface area contributed by atoms with Gasteiger partial charge in [-0.25, -0.2) is 19.6 Å². The van der Waals surface area contributed by atoms with Crippen LogP contribution in [0.4, 0.5) is 9.59 Å². The zero-order chi connectivity index (χ0) is 10.8. The summed E-state index contributed by atoms with van der Waals surface area (Å²) in [4.78, 5) is 27.3. The monoisotopic (exact) mass is 291 g/mol. The number of alkyl carbamates (subject to hydrolysis) is 1. The van der Waals surface area contributed by atoms with Crippen molar-refractivity contribution in [2.24, 2.45) is 9.98 Å². The van der Waals surface area contributed by atoms with Crippen LogP contribution in [-0.2, 0) is 37.4 Å². The molecule has 15 heavy (non-hydrogen) atoms. The molecule has 0 unspecified atom stereocenters. The molecular weight excluding hydrogens is 281 g/mol. The Kier molecular flexibility index (Phi) is 12.2. The number of ether oxygens (including phenoxy) is 1. The average molecular weight is 291 g/mol. The molecule has 0 atom stereocenters. The van der Waals surface area contributed by atoms with E-state index < -0.39 is 12.2 Å². The van der Waals surface area contributed by atoms with E-state index in [0.29, 0.717) is 0 Å². The van der Waals surface area contributed by atoms with Crippen molar-refractivity contribution in [1.82, 2.24) is 10.6 Å². The van der Waals surface area contributed by atoms with Gasteiger partial charge in [-0.1, -0.05) is 0 Å². The van der Waals surface area contributed by atoms with Crippen LogP contribution in [0.3, 0.4) is 0 Å². The number of carbonyl (C=O) groups is 2. The number of rotatable bonds is 4. The number of nitrogens with zero attached hydrogens (tertiary/aromatic N) is 2. The van der Waals surface area contributed by atoms with Crippen LogP contribution in [0.1, 0.15) is 0 Å². The molecule has 0 aliphatic heterocycles. The Hall–Kier alpha value is -0.976. The van der Waals surface area contributed by atoms with E-state index in [0.717, 1.165) is 0 Å². The Bertz CT molecular complexity index is 264. The summed E-state index contributed by atoms with van der Waals surface area (Å²) in [6, 6.07) is 2.17. The molecule has 0 aromatic carbocycles. The average Bonchev–Trinajstić information content (AvgIpc) is 2.15. The third kappa shape index (κ3) is 13.0. The SMILES string of the molecule is COC(=O)NCN=C=NCNC(=O)O.[Y]. The summed E-state index contributed by atoms with van der Waals surface area (Å²) in [7, 11) is 1.23. The number of hydrogen-bond donors (Lipinski definition) is 3. The van der Waals surface area contributed by atoms with Crippen LogP contribution in [0.15, 0.2) is 9.98 Å². The fourth-order valence-electron chi connectivity index (χ4n) is 0.404. The Balaban J connectivity index is 0. The first-order chi connectivity index (χ1) is 6.66. The molecular formula is C6H10N4O4Y. The van der Waals surface area contributed by atoms with Crippen molar-refractivity contribution in [2.75, 3.05) is 20.4 Å². The van der Waals surface area contributed by atoms with Crippen LogP contribution in [0, 0.1) is 0 Å². The molecule has 0 spiro atoms. The standard InChI is InChI=1S/C6H10N4O4.Y/c1-14-6(13)10-4-8-2-7-3-9-5(11)12;/h9H,3-4H2,1H3,(H,10,13)(H,11,12);. The van der Waals surface area contributed by atoms with Crippen LogP contribution in [0.25, 0.3) is 0 Å². The van der Waals surface area contributed by atoms with Gasteiger partial charge >= 0.3 is 12.2 Å². The van der Waals surface area contributed by atoms with Gasteiger partial charge in [0, 0.05) is 32.7 Å². The van der Waals surface area contributed by atoms with Crippen molar-refractivity contribution >= 4 is 18.2 Å². The van der Waals surface area contributed by atoms with Crippen LogP contribution >= 0.6 is 0 Å². The molecule has 0 fully saturated rings. The van der Waals surface area contributed by atoms with Gasteiger partial charge in [0.2, 0.25) is 0 Å². The molecule has 0 aliphatic rings. The fraction of sp³-hybridized carbons (Fsp3) is 0.500. The second-order valence-corrected chi connectivity index (χ2v) is 1.88. The van der Waals surface area contributed by atoms with Gasteiger partial charge in [0.05, 0.1) is 13.1 Å². The summed E-state index contributed by atoms with van der Waals surface area (Å²) in [6.45, 7) is -0.152. The summed E-state index contributed by atoms with van der Waals surface area (Å²) in [5, 5.41) is 12.3. The Morgan fingerprint density at radius 3 is 2.33 bits per heavy atom. The predicted octanol–water partition coefficient (Wildman–Crippen LogP) is -0.304. The maximum atomic E-state index is 10.4. The second-order valence-electron chi connectivity index (χ2n) is 1.88. The predicted molar refractivity (Wildman–Crippen MR) is 46.3 cm³/mol. The van der Waals surface area contributed by atoms with Crippen molar-refractivity contribution in [1.29, 1.82) is 0 Å². The quantitative estimate of drug-likeness (QED) is 0.617. The van der Waals surface area contributed by atoms with Crippen molar-refractivity contribution in [2.45, 2.75) is 0 Å². The van der Waals surface area contributed by atoms with Crippen molar-refractivity contribution in [3.63, 3.8) is 0 Å². The maximum absolute atomic E-state index is 10.4. The molecule has 0 saturated carbocycles. The maximum Gasteiger partial charge on any atom is 0.408 e. The minimum atomic E-state index is -1.18. The number of amides is 2. The van der Waals surface area contributed by atoms with Gasteiger partial charge < -0.3 is 20.5 Å². The normalized spacial score (nSPS) is 7.53. The van der Waals surface area contributed by atoms with E-state index in [1.807, 2.05) is 5.32 Å². The van der Waals surface area contributed by atoms with Crippen molar-refractivity contribution in [3.05, 3.63) is 0 Å². The first-order valence-electron chi connectivity index (χ1n) is 3.53. The molecule has 0 bridgehead atoms. The van der Waals surface area contributed by atoms with E-state index in [2.05, 4.69) is 26.0 Å². The molecule has 0 rings (SSSR count). The molecule has 0 aromatic rings. The number of carboxylic acid groups (broad SMARTS) is 1. The molecule has 9 heteroatoms. The van der Waals surface area contributed by atoms with Gasteiger partial charge in [-0.3, -0.25) is 0 Å². The number of hydrogen-bond acceptors (Lipinski definition) is 5.